The number of ether oxygens (including phenoxy) is 1. The number of benzene rings is 1. The first-order valence-corrected chi connectivity index (χ1v) is 6.99. The molecule has 0 bridgehead atoms. The second-order valence-corrected chi connectivity index (χ2v) is 5.25. The number of nitro groups is 1. The zero-order valence-corrected chi connectivity index (χ0v) is 12.4. The fourth-order valence-electron chi connectivity index (χ4n) is 2.59. The molecule has 1 aliphatic heterocycles. The third-order valence-corrected chi connectivity index (χ3v) is 3.61. The van der Waals surface area contributed by atoms with Crippen molar-refractivity contribution in [1.29, 1.82) is 0 Å². The van der Waals surface area contributed by atoms with Gasteiger partial charge in [0.05, 0.1) is 29.9 Å². The molecule has 7 nitrogen and oxygen atoms in total. The summed E-state index contributed by atoms with van der Waals surface area (Å²) in [5.41, 5.74) is 0.906. The van der Waals surface area contributed by atoms with Crippen LogP contribution in [0.3, 0.4) is 0 Å². The molecule has 116 valence electrons. The second-order valence-electron chi connectivity index (χ2n) is 5.25. The van der Waals surface area contributed by atoms with E-state index in [1.165, 1.54) is 19.2 Å². The van der Waals surface area contributed by atoms with Crippen molar-refractivity contribution in [2.75, 3.05) is 44.7 Å². The van der Waals surface area contributed by atoms with Crippen LogP contribution in [0.4, 0.5) is 11.4 Å². The number of aliphatic hydroxyl groups excluding tert-OH is 1. The summed E-state index contributed by atoms with van der Waals surface area (Å²) in [6.07, 6.45) is -0.328. The highest BCUT2D eigenvalue weighted by Crippen LogP contribution is 2.32. The lowest BCUT2D eigenvalue weighted by Gasteiger charge is -2.37. The normalized spacial score (nSPS) is 17.6. The van der Waals surface area contributed by atoms with Gasteiger partial charge in [0.15, 0.2) is 0 Å². The third-order valence-electron chi connectivity index (χ3n) is 3.61. The molecule has 1 atom stereocenters. The van der Waals surface area contributed by atoms with E-state index < -0.39 is 4.92 Å². The SMILES string of the molecule is COc1cc([N+](=O)[O-])ccc1N1CCN(CC(C)O)CC1. The van der Waals surface area contributed by atoms with Crippen molar-refractivity contribution >= 4 is 11.4 Å². The zero-order valence-electron chi connectivity index (χ0n) is 12.4. The number of nitrogens with zero attached hydrogens (tertiary/aromatic N) is 3. The molecule has 1 unspecified atom stereocenters. The average Bonchev–Trinajstić information content (AvgIpc) is 2.46. The monoisotopic (exact) mass is 295 g/mol. The van der Waals surface area contributed by atoms with Crippen LogP contribution in [-0.4, -0.2) is 60.9 Å². The molecule has 1 saturated heterocycles. The molecule has 0 aliphatic carbocycles. The minimum absolute atomic E-state index is 0.0309. The Labute approximate surface area is 123 Å². The fourth-order valence-corrected chi connectivity index (χ4v) is 2.59. The van der Waals surface area contributed by atoms with E-state index in [0.29, 0.717) is 12.3 Å². The van der Waals surface area contributed by atoms with E-state index in [1.54, 1.807) is 13.0 Å². The van der Waals surface area contributed by atoms with Gasteiger partial charge in [-0.05, 0) is 13.0 Å². The maximum atomic E-state index is 10.8. The molecule has 0 spiro atoms. The molecule has 2 rings (SSSR count). The summed E-state index contributed by atoms with van der Waals surface area (Å²) < 4.78 is 5.28. The van der Waals surface area contributed by atoms with Crippen LogP contribution in [-0.2, 0) is 0 Å². The van der Waals surface area contributed by atoms with E-state index >= 15 is 0 Å². The second kappa shape index (κ2) is 6.73. The van der Waals surface area contributed by atoms with Crippen LogP contribution in [0.2, 0.25) is 0 Å². The highest BCUT2D eigenvalue weighted by Gasteiger charge is 2.21. The van der Waals surface area contributed by atoms with Crippen LogP contribution in [0.1, 0.15) is 6.92 Å². The topological polar surface area (TPSA) is 79.1 Å². The summed E-state index contributed by atoms with van der Waals surface area (Å²) in [5, 5.41) is 20.2. The van der Waals surface area contributed by atoms with Gasteiger partial charge < -0.3 is 14.7 Å². The molecule has 1 aromatic rings. The minimum atomic E-state index is -0.424. The highest BCUT2D eigenvalue weighted by molar-refractivity contribution is 5.62. The smallest absolute Gasteiger partial charge is 0.273 e. The number of methoxy groups -OCH3 is 1. The molecule has 1 aromatic carbocycles. The van der Waals surface area contributed by atoms with Gasteiger partial charge in [-0.3, -0.25) is 15.0 Å². The van der Waals surface area contributed by atoms with Gasteiger partial charge in [0.1, 0.15) is 5.75 Å². The van der Waals surface area contributed by atoms with Gasteiger partial charge in [-0.2, -0.15) is 0 Å². The van der Waals surface area contributed by atoms with E-state index in [4.69, 9.17) is 4.74 Å². The van der Waals surface area contributed by atoms with E-state index in [9.17, 15) is 15.2 Å². The predicted octanol–water partition coefficient (Wildman–Crippen LogP) is 1.11. The molecule has 0 amide bonds. The molecule has 0 radical (unpaired) electrons. The number of nitro benzene ring substituents is 1. The number of hydrogen-bond acceptors (Lipinski definition) is 6. The number of anilines is 1. The Morgan fingerprint density at radius 3 is 2.57 bits per heavy atom. The largest absolute Gasteiger partial charge is 0.494 e. The molecule has 1 N–H and O–H groups in total. The lowest BCUT2D eigenvalue weighted by molar-refractivity contribution is -0.384. The third kappa shape index (κ3) is 3.83. The van der Waals surface area contributed by atoms with Crippen molar-refractivity contribution in [3.63, 3.8) is 0 Å². The van der Waals surface area contributed by atoms with Gasteiger partial charge in [0, 0.05) is 38.8 Å². The summed E-state index contributed by atoms with van der Waals surface area (Å²) >= 11 is 0. The van der Waals surface area contributed by atoms with Crippen LogP contribution >= 0.6 is 0 Å². The molecule has 0 aromatic heterocycles. The standard InChI is InChI=1S/C14H21N3O4/c1-11(18)10-15-5-7-16(8-6-15)13-4-3-12(17(19)20)9-14(13)21-2/h3-4,9,11,18H,5-8,10H2,1-2H3. The van der Waals surface area contributed by atoms with Gasteiger partial charge in [-0.25, -0.2) is 0 Å². The van der Waals surface area contributed by atoms with Crippen molar-refractivity contribution < 1.29 is 14.8 Å². The molecule has 7 heteroatoms. The maximum absolute atomic E-state index is 10.8. The van der Waals surface area contributed by atoms with Gasteiger partial charge in [-0.15, -0.1) is 0 Å². The Morgan fingerprint density at radius 2 is 2.05 bits per heavy atom. The van der Waals surface area contributed by atoms with Crippen LogP contribution in [0.15, 0.2) is 18.2 Å². The Kier molecular flexibility index (Phi) is 4.98. The van der Waals surface area contributed by atoms with Gasteiger partial charge >= 0.3 is 0 Å². The quantitative estimate of drug-likeness (QED) is 0.647. The van der Waals surface area contributed by atoms with Crippen molar-refractivity contribution in [3.05, 3.63) is 28.3 Å². The summed E-state index contributed by atoms with van der Waals surface area (Å²) in [4.78, 5) is 14.7. The molecular formula is C14H21N3O4. The Balaban J connectivity index is 2.07. The average molecular weight is 295 g/mol. The van der Waals surface area contributed by atoms with Gasteiger partial charge in [-0.1, -0.05) is 0 Å². The van der Waals surface area contributed by atoms with Crippen molar-refractivity contribution in [2.45, 2.75) is 13.0 Å². The van der Waals surface area contributed by atoms with Crippen molar-refractivity contribution in [1.82, 2.24) is 4.90 Å². The first-order chi connectivity index (χ1) is 10.0. The first-order valence-electron chi connectivity index (χ1n) is 6.99. The van der Waals surface area contributed by atoms with E-state index in [2.05, 4.69) is 9.80 Å². The molecule has 0 saturated carbocycles. The minimum Gasteiger partial charge on any atom is -0.494 e. The summed E-state index contributed by atoms with van der Waals surface area (Å²) in [7, 11) is 1.52. The van der Waals surface area contributed by atoms with E-state index in [-0.39, 0.29) is 11.8 Å². The number of β-amino-alcohol motifs (C(OH)–C–C–N with tert-alkyl or cyclic N) is 1. The number of piperazine rings is 1. The van der Waals surface area contributed by atoms with Crippen LogP contribution in [0, 0.1) is 10.1 Å². The zero-order chi connectivity index (χ0) is 15.4. The summed E-state index contributed by atoms with van der Waals surface area (Å²) in [6, 6.07) is 4.69. The predicted molar refractivity (Wildman–Crippen MR) is 80.0 cm³/mol. The lowest BCUT2D eigenvalue weighted by Crippen LogP contribution is -2.48. The van der Waals surface area contributed by atoms with E-state index in [0.717, 1.165) is 31.9 Å². The van der Waals surface area contributed by atoms with Crippen molar-refractivity contribution in [3.8, 4) is 5.75 Å². The summed E-state index contributed by atoms with van der Waals surface area (Å²) in [5.74, 6) is 0.521. The molecule has 1 heterocycles. The fraction of sp³-hybridized carbons (Fsp3) is 0.571. The number of aliphatic hydroxyl groups is 1. The maximum Gasteiger partial charge on any atom is 0.273 e. The van der Waals surface area contributed by atoms with Crippen LogP contribution in [0.5, 0.6) is 5.75 Å². The molecule has 1 aliphatic rings. The first kappa shape index (κ1) is 15.5. The number of non-ortho nitro benzene ring substituents is 1. The van der Waals surface area contributed by atoms with Crippen molar-refractivity contribution in [2.24, 2.45) is 0 Å². The van der Waals surface area contributed by atoms with Crippen LogP contribution in [0.25, 0.3) is 0 Å². The highest BCUT2D eigenvalue weighted by atomic mass is 16.6. The van der Waals surface area contributed by atoms with E-state index in [1.807, 2.05) is 0 Å². The summed E-state index contributed by atoms with van der Waals surface area (Å²) in [6.45, 7) is 5.77. The number of hydrogen-bond donors (Lipinski definition) is 1. The van der Waals surface area contributed by atoms with Gasteiger partial charge in [0.2, 0.25) is 0 Å². The Hall–Kier alpha value is -1.86. The molecular weight excluding hydrogens is 274 g/mol. The van der Waals surface area contributed by atoms with Gasteiger partial charge in [0.25, 0.3) is 5.69 Å². The lowest BCUT2D eigenvalue weighted by atomic mass is 10.2. The van der Waals surface area contributed by atoms with Crippen LogP contribution < -0.4 is 9.64 Å². The molecule has 1 fully saturated rings. The Bertz CT molecular complexity index is 499. The molecule has 21 heavy (non-hydrogen) atoms. The Morgan fingerprint density at radius 1 is 1.38 bits per heavy atom. The number of rotatable bonds is 5.